The van der Waals surface area contributed by atoms with E-state index in [0.29, 0.717) is 39.9 Å². The molecule has 1 saturated heterocycles. The smallest absolute Gasteiger partial charge is 0.225 e. The zero-order chi connectivity index (χ0) is 22.8. The van der Waals surface area contributed by atoms with E-state index in [0.717, 1.165) is 31.7 Å². The molecule has 0 radical (unpaired) electrons. The Hall–Kier alpha value is -3.72. The number of rotatable bonds is 7. The number of nitrogens with one attached hydrogen (secondary N) is 1. The van der Waals surface area contributed by atoms with Crippen molar-refractivity contribution in [3.63, 3.8) is 0 Å². The van der Waals surface area contributed by atoms with Gasteiger partial charge < -0.3 is 20.7 Å². The van der Waals surface area contributed by atoms with Gasteiger partial charge in [-0.3, -0.25) is 0 Å². The SMILES string of the molecule is COc1cccc(-c2nc(NCCN3CCCC3)nc3nn(-c4cccc(F)c4)c(N)c23)c1. The number of likely N-dealkylation sites (tertiary alicyclic amines) is 1. The summed E-state index contributed by atoms with van der Waals surface area (Å²) in [5, 5.41) is 8.53. The third-order valence-electron chi connectivity index (χ3n) is 5.87. The molecule has 8 nitrogen and oxygen atoms in total. The number of anilines is 2. The van der Waals surface area contributed by atoms with Crippen LogP contribution in [0.5, 0.6) is 5.75 Å². The molecule has 0 atom stereocenters. The number of nitrogen functional groups attached to an aromatic ring is 1. The summed E-state index contributed by atoms with van der Waals surface area (Å²) in [5.41, 5.74) is 8.93. The number of ether oxygens (including phenoxy) is 1. The van der Waals surface area contributed by atoms with Crippen molar-refractivity contribution in [1.82, 2.24) is 24.6 Å². The van der Waals surface area contributed by atoms with Crippen molar-refractivity contribution < 1.29 is 9.13 Å². The maximum absolute atomic E-state index is 13.9. The molecule has 0 aliphatic carbocycles. The van der Waals surface area contributed by atoms with E-state index >= 15 is 0 Å². The molecule has 1 fully saturated rings. The minimum atomic E-state index is -0.366. The highest BCUT2D eigenvalue weighted by Crippen LogP contribution is 2.34. The lowest BCUT2D eigenvalue weighted by Crippen LogP contribution is -2.26. The van der Waals surface area contributed by atoms with Gasteiger partial charge in [-0.15, -0.1) is 5.10 Å². The van der Waals surface area contributed by atoms with Crippen LogP contribution in [0.15, 0.2) is 48.5 Å². The Bertz CT molecular complexity index is 1280. The van der Waals surface area contributed by atoms with Crippen molar-refractivity contribution in [3.05, 3.63) is 54.3 Å². The fraction of sp³-hybridized carbons (Fsp3) is 0.292. The van der Waals surface area contributed by atoms with Crippen molar-refractivity contribution >= 4 is 22.8 Å². The summed E-state index contributed by atoms with van der Waals surface area (Å²) in [4.78, 5) is 11.8. The molecular weight excluding hydrogens is 421 g/mol. The Labute approximate surface area is 191 Å². The van der Waals surface area contributed by atoms with E-state index in [1.54, 1.807) is 19.2 Å². The molecule has 3 N–H and O–H groups in total. The van der Waals surface area contributed by atoms with Crippen LogP contribution in [-0.4, -0.2) is 57.9 Å². The van der Waals surface area contributed by atoms with Crippen molar-refractivity contribution in [2.24, 2.45) is 0 Å². The predicted molar refractivity (Wildman–Crippen MR) is 127 cm³/mol. The van der Waals surface area contributed by atoms with Gasteiger partial charge in [0.1, 0.15) is 17.4 Å². The number of hydrogen-bond acceptors (Lipinski definition) is 7. The quantitative estimate of drug-likeness (QED) is 0.446. The highest BCUT2D eigenvalue weighted by Gasteiger charge is 2.20. The van der Waals surface area contributed by atoms with Gasteiger partial charge in [0.25, 0.3) is 0 Å². The van der Waals surface area contributed by atoms with Gasteiger partial charge in [-0.2, -0.15) is 4.98 Å². The Morgan fingerprint density at radius 2 is 1.91 bits per heavy atom. The number of halogens is 1. The lowest BCUT2D eigenvalue weighted by atomic mass is 10.1. The number of aromatic nitrogens is 4. The molecule has 33 heavy (non-hydrogen) atoms. The molecule has 0 spiro atoms. The zero-order valence-corrected chi connectivity index (χ0v) is 18.5. The fourth-order valence-electron chi connectivity index (χ4n) is 4.21. The van der Waals surface area contributed by atoms with Gasteiger partial charge in [0.15, 0.2) is 5.65 Å². The average molecular weight is 448 g/mol. The molecule has 9 heteroatoms. The van der Waals surface area contributed by atoms with E-state index in [9.17, 15) is 4.39 Å². The summed E-state index contributed by atoms with van der Waals surface area (Å²) in [5.74, 6) is 1.16. The van der Waals surface area contributed by atoms with Crippen molar-refractivity contribution in [2.75, 3.05) is 44.3 Å². The highest BCUT2D eigenvalue weighted by atomic mass is 19.1. The van der Waals surface area contributed by atoms with E-state index in [-0.39, 0.29) is 5.82 Å². The normalized spacial score (nSPS) is 14.1. The van der Waals surface area contributed by atoms with Crippen LogP contribution in [0.4, 0.5) is 16.2 Å². The van der Waals surface area contributed by atoms with E-state index in [2.05, 4.69) is 20.3 Å². The van der Waals surface area contributed by atoms with Crippen LogP contribution in [0.1, 0.15) is 12.8 Å². The number of fused-ring (bicyclic) bond motifs is 1. The van der Waals surface area contributed by atoms with Crippen molar-refractivity contribution in [2.45, 2.75) is 12.8 Å². The predicted octanol–water partition coefficient (Wildman–Crippen LogP) is 3.72. The van der Waals surface area contributed by atoms with Crippen LogP contribution in [0, 0.1) is 5.82 Å². The lowest BCUT2D eigenvalue weighted by Gasteiger charge is -2.15. The molecule has 0 bridgehead atoms. The van der Waals surface area contributed by atoms with E-state index in [4.69, 9.17) is 15.5 Å². The van der Waals surface area contributed by atoms with Gasteiger partial charge in [-0.25, -0.2) is 14.1 Å². The number of nitrogens with zero attached hydrogens (tertiary/aromatic N) is 5. The van der Waals surface area contributed by atoms with E-state index < -0.39 is 0 Å². The van der Waals surface area contributed by atoms with E-state index in [1.165, 1.54) is 29.7 Å². The molecule has 0 unspecified atom stereocenters. The topological polar surface area (TPSA) is 94.1 Å². The number of nitrogens with two attached hydrogens (primary N) is 1. The molecule has 2 aromatic heterocycles. The van der Waals surface area contributed by atoms with Crippen molar-refractivity contribution in [3.8, 4) is 22.7 Å². The van der Waals surface area contributed by atoms with Crippen LogP contribution in [0.25, 0.3) is 28.0 Å². The Morgan fingerprint density at radius 1 is 1.09 bits per heavy atom. The number of methoxy groups -OCH3 is 1. The van der Waals surface area contributed by atoms with E-state index in [1.807, 2.05) is 24.3 Å². The Kier molecular flexibility index (Phi) is 5.78. The van der Waals surface area contributed by atoms with Gasteiger partial charge >= 0.3 is 0 Å². The third-order valence-corrected chi connectivity index (χ3v) is 5.87. The van der Waals surface area contributed by atoms with Crippen LogP contribution < -0.4 is 15.8 Å². The summed E-state index contributed by atoms with van der Waals surface area (Å²) >= 11 is 0. The molecule has 0 amide bonds. The highest BCUT2D eigenvalue weighted by molar-refractivity contribution is 5.99. The first-order valence-corrected chi connectivity index (χ1v) is 11.1. The second-order valence-corrected chi connectivity index (χ2v) is 8.08. The van der Waals surface area contributed by atoms with Gasteiger partial charge in [-0.05, 0) is 56.3 Å². The molecule has 1 aliphatic rings. The summed E-state index contributed by atoms with van der Waals surface area (Å²) in [7, 11) is 1.62. The summed E-state index contributed by atoms with van der Waals surface area (Å²) in [6, 6.07) is 13.7. The maximum atomic E-state index is 13.9. The zero-order valence-electron chi connectivity index (χ0n) is 18.5. The minimum absolute atomic E-state index is 0.344. The van der Waals surface area contributed by atoms with Gasteiger partial charge in [0, 0.05) is 18.7 Å². The average Bonchev–Trinajstić information content (AvgIpc) is 3.47. The van der Waals surface area contributed by atoms with Crippen LogP contribution in [0.3, 0.4) is 0 Å². The van der Waals surface area contributed by atoms with Gasteiger partial charge in [-0.1, -0.05) is 18.2 Å². The molecule has 2 aromatic carbocycles. The third kappa shape index (κ3) is 4.31. The standard InChI is InChI=1S/C24H26FN7O/c1-33-19-9-4-6-16(14-19)21-20-22(26)32(18-8-5-7-17(25)15-18)30-23(20)29-24(28-21)27-10-13-31-11-2-3-12-31/h4-9,14-15H,2-3,10-13,26H2,1H3,(H,27,29,30). The molecule has 5 rings (SSSR count). The number of hydrogen-bond donors (Lipinski definition) is 2. The Balaban J connectivity index is 1.58. The largest absolute Gasteiger partial charge is 0.497 e. The van der Waals surface area contributed by atoms with Crippen LogP contribution in [-0.2, 0) is 0 Å². The number of benzene rings is 2. The summed E-state index contributed by atoms with van der Waals surface area (Å²) in [6.07, 6.45) is 2.50. The fourth-order valence-corrected chi connectivity index (χ4v) is 4.21. The second kappa shape index (κ2) is 9.03. The second-order valence-electron chi connectivity index (χ2n) is 8.08. The Morgan fingerprint density at radius 3 is 2.70 bits per heavy atom. The first-order valence-electron chi connectivity index (χ1n) is 11.1. The monoisotopic (exact) mass is 447 g/mol. The molecule has 3 heterocycles. The molecular formula is C24H26FN7O. The summed E-state index contributed by atoms with van der Waals surface area (Å²) in [6.45, 7) is 3.91. The molecule has 4 aromatic rings. The molecule has 170 valence electrons. The van der Waals surface area contributed by atoms with Gasteiger partial charge in [0.2, 0.25) is 5.95 Å². The lowest BCUT2D eigenvalue weighted by molar-refractivity contribution is 0.352. The first-order chi connectivity index (χ1) is 16.1. The molecule has 1 aliphatic heterocycles. The van der Waals surface area contributed by atoms with Crippen molar-refractivity contribution in [1.29, 1.82) is 0 Å². The minimum Gasteiger partial charge on any atom is -0.497 e. The molecule has 0 saturated carbocycles. The first kappa shape index (κ1) is 21.1. The van der Waals surface area contributed by atoms with Gasteiger partial charge in [0.05, 0.1) is 23.9 Å². The van der Waals surface area contributed by atoms with Crippen LogP contribution >= 0.6 is 0 Å². The summed E-state index contributed by atoms with van der Waals surface area (Å²) < 4.78 is 20.8. The maximum Gasteiger partial charge on any atom is 0.225 e. The van der Waals surface area contributed by atoms with Crippen LogP contribution in [0.2, 0.25) is 0 Å².